The highest BCUT2D eigenvalue weighted by molar-refractivity contribution is 7.26. The normalized spacial score (nSPS) is 12.5. The number of anilines is 3. The minimum absolute atomic E-state index is 0.877. The zero-order valence-electron chi connectivity index (χ0n) is 28.2. The predicted octanol–water partition coefficient (Wildman–Crippen LogP) is 14.0. The first-order valence-electron chi connectivity index (χ1n) is 18.0. The lowest BCUT2D eigenvalue weighted by Crippen LogP contribution is -2.11. The summed E-state index contributed by atoms with van der Waals surface area (Å²) in [5.74, 6) is 0. The van der Waals surface area contributed by atoms with Crippen molar-refractivity contribution in [3.63, 3.8) is 0 Å². The van der Waals surface area contributed by atoms with Crippen LogP contribution >= 0.6 is 11.3 Å². The van der Waals surface area contributed by atoms with Gasteiger partial charge in [-0.25, -0.2) is 0 Å². The Labute approximate surface area is 305 Å². The zero-order valence-corrected chi connectivity index (χ0v) is 29.1. The second-order valence-corrected chi connectivity index (χ2v) is 15.2. The number of nitrogens with zero attached hydrogens (tertiary/aromatic N) is 3. The van der Waals surface area contributed by atoms with Crippen LogP contribution in [-0.2, 0) is 0 Å². The molecule has 0 N–H and O–H groups in total. The molecule has 53 heavy (non-hydrogen) atoms. The Kier molecular flexibility index (Phi) is 5.22. The molecule has 5 heterocycles. The first-order valence-corrected chi connectivity index (χ1v) is 18.8. The molecule has 4 nitrogen and oxygen atoms in total. The highest BCUT2D eigenvalue weighted by Gasteiger charge is 2.24. The van der Waals surface area contributed by atoms with Gasteiger partial charge in [-0.3, -0.25) is 0 Å². The highest BCUT2D eigenvalue weighted by atomic mass is 32.1. The van der Waals surface area contributed by atoms with E-state index in [4.69, 9.17) is 4.42 Å². The van der Waals surface area contributed by atoms with Gasteiger partial charge in [-0.15, -0.1) is 11.3 Å². The second-order valence-electron chi connectivity index (χ2n) is 14.1. The standard InChI is InChI=1S/C48H27N3OS/c1-5-14-37-30(10-1)34-23-24-35-31-11-2-6-15-38(31)51-41-26-28(21-25-39(41)50(37)47(34)48(35)51)49(29-20-22-33-32-12-3-7-17-42(32)52-43(33)27-29)40-16-9-19-45-46(40)36-13-4-8-18-44(36)53-45/h1-27H. The Bertz CT molecular complexity index is 3650. The average molecular weight is 694 g/mol. The Morgan fingerprint density at radius 3 is 1.77 bits per heavy atom. The zero-order chi connectivity index (χ0) is 34.4. The lowest BCUT2D eigenvalue weighted by Gasteiger charge is -2.27. The van der Waals surface area contributed by atoms with Crippen LogP contribution in [0.4, 0.5) is 17.1 Å². The van der Waals surface area contributed by atoms with E-state index < -0.39 is 0 Å². The van der Waals surface area contributed by atoms with E-state index in [2.05, 4.69) is 171 Å². The largest absolute Gasteiger partial charge is 0.456 e. The van der Waals surface area contributed by atoms with E-state index in [0.717, 1.165) is 44.5 Å². The lowest BCUT2D eigenvalue weighted by molar-refractivity contribution is 0.669. The third kappa shape index (κ3) is 3.54. The maximum absolute atomic E-state index is 6.50. The van der Waals surface area contributed by atoms with Gasteiger partial charge in [0, 0.05) is 69.9 Å². The number of thiophene rings is 1. The molecular formula is C48H27N3OS. The number of para-hydroxylation sites is 3. The number of hydrogen-bond donors (Lipinski definition) is 0. The molecule has 13 aromatic rings. The molecule has 13 rings (SSSR count). The summed E-state index contributed by atoms with van der Waals surface area (Å²) < 4.78 is 14.0. The van der Waals surface area contributed by atoms with Gasteiger partial charge in [-0.2, -0.15) is 0 Å². The summed E-state index contributed by atoms with van der Waals surface area (Å²) in [6.07, 6.45) is 0. The number of benzene rings is 8. The van der Waals surface area contributed by atoms with Crippen LogP contribution in [-0.4, -0.2) is 8.80 Å². The molecule has 0 atom stereocenters. The topological polar surface area (TPSA) is 25.2 Å². The predicted molar refractivity (Wildman–Crippen MR) is 224 cm³/mol. The van der Waals surface area contributed by atoms with Gasteiger partial charge in [0.15, 0.2) is 0 Å². The molecule has 0 saturated carbocycles. The van der Waals surface area contributed by atoms with Crippen LogP contribution < -0.4 is 4.90 Å². The number of hydrogen-bond acceptors (Lipinski definition) is 3. The van der Waals surface area contributed by atoms with Crippen LogP contribution in [0.3, 0.4) is 0 Å². The summed E-state index contributed by atoms with van der Waals surface area (Å²) in [5, 5.41) is 9.87. The van der Waals surface area contributed by atoms with E-state index in [0.29, 0.717) is 0 Å². The second kappa shape index (κ2) is 9.94. The fraction of sp³-hybridized carbons (Fsp3) is 0. The van der Waals surface area contributed by atoms with Gasteiger partial charge in [-0.05, 0) is 66.7 Å². The van der Waals surface area contributed by atoms with Crippen molar-refractivity contribution in [1.82, 2.24) is 8.80 Å². The molecule has 0 saturated heterocycles. The summed E-state index contributed by atoms with van der Waals surface area (Å²) in [5.41, 5.74) is 12.3. The van der Waals surface area contributed by atoms with E-state index in [-0.39, 0.29) is 0 Å². The van der Waals surface area contributed by atoms with Crippen LogP contribution in [0.25, 0.3) is 96.8 Å². The van der Waals surface area contributed by atoms with Crippen molar-refractivity contribution in [2.45, 2.75) is 0 Å². The molecule has 0 radical (unpaired) electrons. The van der Waals surface area contributed by atoms with Gasteiger partial charge in [0.25, 0.3) is 0 Å². The van der Waals surface area contributed by atoms with Gasteiger partial charge >= 0.3 is 0 Å². The van der Waals surface area contributed by atoms with Gasteiger partial charge in [-0.1, -0.05) is 91.0 Å². The van der Waals surface area contributed by atoms with Crippen LogP contribution in [0.15, 0.2) is 168 Å². The molecular weight excluding hydrogens is 667 g/mol. The number of rotatable bonds is 3. The minimum Gasteiger partial charge on any atom is -0.456 e. The quantitative estimate of drug-likeness (QED) is 0.172. The fourth-order valence-corrected chi connectivity index (χ4v) is 10.4. The lowest BCUT2D eigenvalue weighted by atomic mass is 10.1. The molecule has 0 amide bonds. The summed E-state index contributed by atoms with van der Waals surface area (Å²) in [7, 11) is 0. The van der Waals surface area contributed by atoms with Crippen molar-refractivity contribution in [2.75, 3.05) is 4.90 Å². The monoisotopic (exact) mass is 693 g/mol. The van der Waals surface area contributed by atoms with E-state index in [1.165, 1.54) is 69.3 Å². The van der Waals surface area contributed by atoms with Crippen molar-refractivity contribution < 1.29 is 4.42 Å². The first-order chi connectivity index (χ1) is 26.3. The molecule has 8 aromatic carbocycles. The molecule has 5 heteroatoms. The molecule has 0 aliphatic heterocycles. The smallest absolute Gasteiger partial charge is 0.137 e. The maximum Gasteiger partial charge on any atom is 0.137 e. The third-order valence-electron chi connectivity index (χ3n) is 11.4. The fourth-order valence-electron chi connectivity index (χ4n) is 9.24. The highest BCUT2D eigenvalue weighted by Crippen LogP contribution is 2.48. The first kappa shape index (κ1) is 27.8. The van der Waals surface area contributed by atoms with Gasteiger partial charge < -0.3 is 18.1 Å². The Morgan fingerprint density at radius 2 is 0.981 bits per heavy atom. The van der Waals surface area contributed by atoms with Gasteiger partial charge in [0.05, 0.1) is 38.8 Å². The molecule has 246 valence electrons. The van der Waals surface area contributed by atoms with Gasteiger partial charge in [0.2, 0.25) is 0 Å². The third-order valence-corrected chi connectivity index (χ3v) is 12.5. The maximum atomic E-state index is 6.50. The molecule has 0 unspecified atom stereocenters. The van der Waals surface area contributed by atoms with Crippen molar-refractivity contribution in [1.29, 1.82) is 0 Å². The van der Waals surface area contributed by atoms with Crippen molar-refractivity contribution >= 4 is 125 Å². The van der Waals surface area contributed by atoms with Gasteiger partial charge in [0.1, 0.15) is 11.2 Å². The van der Waals surface area contributed by atoms with Crippen LogP contribution in [0.2, 0.25) is 0 Å². The molecule has 0 aliphatic rings. The van der Waals surface area contributed by atoms with E-state index in [1.807, 2.05) is 17.4 Å². The van der Waals surface area contributed by atoms with Crippen LogP contribution in [0.1, 0.15) is 0 Å². The Hall–Kier alpha value is -6.82. The average Bonchev–Trinajstić information content (AvgIpc) is 3.96. The van der Waals surface area contributed by atoms with Crippen LogP contribution in [0.5, 0.6) is 0 Å². The molecule has 0 bridgehead atoms. The number of fused-ring (bicyclic) bond motifs is 15. The van der Waals surface area contributed by atoms with E-state index >= 15 is 0 Å². The van der Waals surface area contributed by atoms with Crippen molar-refractivity contribution in [3.05, 3.63) is 164 Å². The number of furan rings is 1. The molecule has 0 aliphatic carbocycles. The molecule has 0 fully saturated rings. The van der Waals surface area contributed by atoms with Crippen LogP contribution in [0, 0.1) is 0 Å². The molecule has 0 spiro atoms. The Morgan fingerprint density at radius 1 is 0.396 bits per heavy atom. The Balaban J connectivity index is 1.18. The van der Waals surface area contributed by atoms with Crippen molar-refractivity contribution in [3.8, 4) is 0 Å². The summed E-state index contributed by atoms with van der Waals surface area (Å²) in [6, 6.07) is 59.8. The minimum atomic E-state index is 0.877. The van der Waals surface area contributed by atoms with Crippen molar-refractivity contribution in [2.24, 2.45) is 0 Å². The summed E-state index contributed by atoms with van der Waals surface area (Å²) >= 11 is 1.85. The summed E-state index contributed by atoms with van der Waals surface area (Å²) in [4.78, 5) is 2.43. The van der Waals surface area contributed by atoms with E-state index in [9.17, 15) is 0 Å². The molecule has 5 aromatic heterocycles. The summed E-state index contributed by atoms with van der Waals surface area (Å²) in [6.45, 7) is 0. The number of aromatic nitrogens is 2. The van der Waals surface area contributed by atoms with E-state index in [1.54, 1.807) is 0 Å². The SMILES string of the molecule is c1ccc2c(c1)oc1cc(N(c3ccc4c(c3)n3c5ccccc5c5ccc6c7ccccc7n4c6c53)c3cccc4sc5ccccc5c34)ccc12.